The van der Waals surface area contributed by atoms with Gasteiger partial charge in [-0.15, -0.1) is 0 Å². The first-order chi connectivity index (χ1) is 29.6. The summed E-state index contributed by atoms with van der Waals surface area (Å²) < 4.78 is 0.951. The van der Waals surface area contributed by atoms with E-state index in [-0.39, 0.29) is 21.7 Å². The van der Waals surface area contributed by atoms with Crippen molar-refractivity contribution in [1.29, 1.82) is 0 Å². The quantitative estimate of drug-likeness (QED) is 0.162. The predicted octanol–water partition coefficient (Wildman–Crippen LogP) is 14.9. The molecule has 0 saturated heterocycles. The van der Waals surface area contributed by atoms with Crippen molar-refractivity contribution < 1.29 is 0 Å². The molecule has 6 bridgehead atoms. The summed E-state index contributed by atoms with van der Waals surface area (Å²) in [7, 11) is -3.14. The summed E-state index contributed by atoms with van der Waals surface area (Å²) in [6, 6.07) is 60.1. The van der Waals surface area contributed by atoms with Crippen molar-refractivity contribution in [3.05, 3.63) is 189 Å². The largest absolute Gasteiger partial charge is 0.309 e. The van der Waals surface area contributed by atoms with Gasteiger partial charge in [-0.1, -0.05) is 192 Å². The monoisotopic (exact) mass is 928 g/mol. The molecule has 0 unspecified atom stereocenters. The van der Waals surface area contributed by atoms with Crippen LogP contribution in [-0.4, -0.2) is 8.07 Å². The highest BCUT2D eigenvalue weighted by atomic mass is 79.9. The molecule has 0 radical (unpaired) electrons. The van der Waals surface area contributed by atoms with Crippen molar-refractivity contribution in [1.82, 2.24) is 0 Å². The Balaban J connectivity index is 1.62. The van der Waals surface area contributed by atoms with Crippen LogP contribution in [0.1, 0.15) is 105 Å². The van der Waals surface area contributed by atoms with Gasteiger partial charge in [0.05, 0.1) is 15.8 Å². The second kappa shape index (κ2) is 16.3. The molecular weight excluding hydrogens is 868 g/mol. The number of halogens is 2. The number of nitrogens with zero attached hydrogens (tertiary/aromatic N) is 2. The number of benzene rings is 7. The van der Waals surface area contributed by atoms with Crippen LogP contribution < -0.4 is 30.5 Å². The Bertz CT molecular complexity index is 2580. The third-order valence-corrected chi connectivity index (χ3v) is 18.6. The molecule has 0 spiro atoms. The Labute approximate surface area is 392 Å². The summed E-state index contributed by atoms with van der Waals surface area (Å²) in [4.78, 5) is 4.86. The second-order valence-electron chi connectivity index (χ2n) is 21.5. The van der Waals surface area contributed by atoms with Gasteiger partial charge in [0.25, 0.3) is 0 Å². The van der Waals surface area contributed by atoms with Crippen LogP contribution >= 0.6 is 27.5 Å². The summed E-state index contributed by atoms with van der Waals surface area (Å²) in [5.74, 6) is 0. The molecule has 1 heterocycles. The Hall–Kier alpha value is -4.87. The zero-order valence-corrected chi connectivity index (χ0v) is 42.5. The molecular formula is C58H62BrClN2Si. The van der Waals surface area contributed by atoms with Gasteiger partial charge in [0.1, 0.15) is 0 Å². The highest BCUT2D eigenvalue weighted by Gasteiger charge is 2.44. The Morgan fingerprint density at radius 1 is 0.365 bits per heavy atom. The molecule has 2 nitrogen and oxygen atoms in total. The van der Waals surface area contributed by atoms with Crippen LogP contribution in [0, 0.1) is 0 Å². The van der Waals surface area contributed by atoms with Crippen LogP contribution in [-0.2, 0) is 21.7 Å². The summed E-state index contributed by atoms with van der Waals surface area (Å²) in [6.45, 7) is 27.7. The maximum absolute atomic E-state index is 7.42. The van der Waals surface area contributed by atoms with Gasteiger partial charge in [-0.05, 0) is 141 Å². The summed E-state index contributed by atoms with van der Waals surface area (Å²) >= 11 is 11.7. The molecule has 0 aromatic heterocycles. The number of hydrogen-bond donors (Lipinski definition) is 0. The van der Waals surface area contributed by atoms with Crippen LogP contribution in [0.3, 0.4) is 0 Å². The number of anilines is 6. The van der Waals surface area contributed by atoms with E-state index in [0.29, 0.717) is 5.02 Å². The molecule has 0 amide bonds. The van der Waals surface area contributed by atoms with Crippen molar-refractivity contribution in [2.45, 2.75) is 105 Å². The maximum atomic E-state index is 7.42. The summed E-state index contributed by atoms with van der Waals surface area (Å²) in [5, 5.41) is 6.00. The first-order valence-corrected chi connectivity index (χ1v) is 25.5. The van der Waals surface area contributed by atoms with E-state index in [9.17, 15) is 0 Å². The molecule has 322 valence electrons. The molecule has 0 N–H and O–H groups in total. The van der Waals surface area contributed by atoms with E-state index in [1.165, 1.54) is 43.0 Å². The smallest absolute Gasteiger partial charge is 0.179 e. The predicted molar refractivity (Wildman–Crippen MR) is 280 cm³/mol. The topological polar surface area (TPSA) is 6.48 Å². The van der Waals surface area contributed by atoms with Crippen molar-refractivity contribution >= 4 is 90.5 Å². The average molecular weight is 931 g/mol. The van der Waals surface area contributed by atoms with E-state index in [1.54, 1.807) is 0 Å². The fourth-order valence-corrected chi connectivity index (χ4v) is 14.8. The van der Waals surface area contributed by atoms with Crippen molar-refractivity contribution in [3.63, 3.8) is 0 Å². The van der Waals surface area contributed by atoms with Gasteiger partial charge < -0.3 is 9.80 Å². The van der Waals surface area contributed by atoms with Crippen molar-refractivity contribution in [2.75, 3.05) is 9.80 Å². The van der Waals surface area contributed by atoms with Crippen molar-refractivity contribution in [3.8, 4) is 0 Å². The molecule has 7 aromatic rings. The van der Waals surface area contributed by atoms with Gasteiger partial charge in [-0.2, -0.15) is 0 Å². The molecule has 0 saturated carbocycles. The third-order valence-electron chi connectivity index (χ3n) is 12.8. The summed E-state index contributed by atoms with van der Waals surface area (Å²) in [6.07, 6.45) is 0. The van der Waals surface area contributed by atoms with Crippen molar-refractivity contribution in [2.24, 2.45) is 0 Å². The van der Waals surface area contributed by atoms with E-state index in [1.807, 2.05) is 0 Å². The van der Waals surface area contributed by atoms with E-state index in [4.69, 9.17) is 11.6 Å². The molecule has 0 fully saturated rings. The lowest BCUT2D eigenvalue weighted by molar-refractivity contribution is 0.590. The number of rotatable bonds is 4. The zero-order chi connectivity index (χ0) is 45.3. The minimum atomic E-state index is -3.14. The minimum absolute atomic E-state index is 0.00174. The molecule has 8 rings (SSSR count). The Morgan fingerprint density at radius 3 is 1.02 bits per heavy atom. The van der Waals surface area contributed by atoms with Gasteiger partial charge in [0.2, 0.25) is 0 Å². The highest BCUT2D eigenvalue weighted by molar-refractivity contribution is 9.10. The van der Waals surface area contributed by atoms with Gasteiger partial charge in [-0.3, -0.25) is 0 Å². The first-order valence-electron chi connectivity index (χ1n) is 22.3. The molecule has 0 aliphatic carbocycles. The molecule has 63 heavy (non-hydrogen) atoms. The van der Waals surface area contributed by atoms with Crippen LogP contribution in [0.2, 0.25) is 5.02 Å². The Kier molecular flexibility index (Phi) is 11.6. The fourth-order valence-electron chi connectivity index (χ4n) is 9.12. The van der Waals surface area contributed by atoms with Gasteiger partial charge in [0.15, 0.2) is 8.07 Å². The standard InChI is InChI=1S/C58H62BrClN2Si/c1-55(2,3)39-23-27-44(28-24-39)61-46-31-41(57(7,8)9)33-50(37-46)63(48-19-15-13-16-20-48,49-21-17-14-18-22-49)51-34-42(58(10,11)12)32-47(38-51)62(53-36-43(60)35-52(61)54(53)59)45-29-25-40(26-30-45)56(4,5)6/h13-38H,1-12H3. The lowest BCUT2D eigenvalue weighted by Gasteiger charge is -2.40. The number of fused-ring (bicyclic) bond motifs is 6. The fraction of sp³-hybridized carbons (Fsp3) is 0.276. The second-order valence-corrected chi connectivity index (χ2v) is 26.6. The zero-order valence-electron chi connectivity index (χ0n) is 39.2. The minimum Gasteiger partial charge on any atom is -0.309 e. The molecule has 1 aliphatic heterocycles. The normalized spacial score (nSPS) is 14.3. The van der Waals surface area contributed by atoms with Gasteiger partial charge in [0, 0.05) is 27.8 Å². The third kappa shape index (κ3) is 8.47. The SMILES string of the molecule is CC(C)(C)c1ccc(N2c3cc(C(C)(C)C)cc(c3)[Si](c3ccccc3)(c3ccccc3)c3cc(cc(C(C)(C)C)c3)N(c3ccc(C(C)(C)C)cc3)c3cc(Cl)cc2c3Br)cc1. The van der Waals surface area contributed by atoms with Crippen LogP contribution in [0.4, 0.5) is 34.1 Å². The van der Waals surface area contributed by atoms with E-state index in [2.05, 4.69) is 267 Å². The van der Waals surface area contributed by atoms with E-state index < -0.39 is 8.07 Å². The average Bonchev–Trinajstić information content (AvgIpc) is 3.22. The summed E-state index contributed by atoms with van der Waals surface area (Å²) in [5.41, 5.74) is 11.0. The molecule has 0 atom stereocenters. The van der Waals surface area contributed by atoms with Crippen LogP contribution in [0.25, 0.3) is 0 Å². The lowest BCUT2D eigenvalue weighted by atomic mass is 9.86. The Morgan fingerprint density at radius 2 is 0.698 bits per heavy atom. The number of hydrogen-bond acceptors (Lipinski definition) is 2. The first kappa shape index (κ1) is 44.7. The van der Waals surface area contributed by atoms with E-state index in [0.717, 1.165) is 38.6 Å². The highest BCUT2D eigenvalue weighted by Crippen LogP contribution is 2.50. The van der Waals surface area contributed by atoms with Gasteiger partial charge >= 0.3 is 0 Å². The van der Waals surface area contributed by atoms with Gasteiger partial charge in [-0.25, -0.2) is 0 Å². The molecule has 1 aliphatic rings. The van der Waals surface area contributed by atoms with Crippen LogP contribution in [0.15, 0.2) is 162 Å². The molecule has 7 aromatic carbocycles. The van der Waals surface area contributed by atoms with E-state index >= 15 is 0 Å². The lowest BCUT2D eigenvalue weighted by Crippen LogP contribution is -2.75. The molecule has 5 heteroatoms. The van der Waals surface area contributed by atoms with Crippen LogP contribution in [0.5, 0.6) is 0 Å². The maximum Gasteiger partial charge on any atom is 0.179 e.